The Balaban J connectivity index is 0.000000312. The van der Waals surface area contributed by atoms with Gasteiger partial charge in [-0.3, -0.25) is 9.78 Å². The van der Waals surface area contributed by atoms with Crippen molar-refractivity contribution in [2.24, 2.45) is 7.05 Å². The molecule has 1 atom stereocenters. The molecule has 3 heterocycles. The number of benzene rings is 1. The second-order valence-corrected chi connectivity index (χ2v) is 10.9. The molecule has 1 aliphatic rings. The highest BCUT2D eigenvalue weighted by Gasteiger charge is 2.25. The zero-order valence-electron chi connectivity index (χ0n) is 25.2. The molecule has 1 fully saturated rings. The van der Waals surface area contributed by atoms with E-state index in [4.69, 9.17) is 21.1 Å². The maximum Gasteiger partial charge on any atom is 0.410 e. The van der Waals surface area contributed by atoms with Crippen LogP contribution in [0.15, 0.2) is 55.2 Å². The predicted molar refractivity (Wildman–Crippen MR) is 165 cm³/mol. The number of pyridine rings is 1. The van der Waals surface area contributed by atoms with Crippen molar-refractivity contribution in [3.05, 3.63) is 82.7 Å². The summed E-state index contributed by atoms with van der Waals surface area (Å²) in [5.74, 6) is -0.226. The summed E-state index contributed by atoms with van der Waals surface area (Å²) in [6.45, 7) is 9.15. The van der Waals surface area contributed by atoms with Crippen molar-refractivity contribution in [3.63, 3.8) is 0 Å². The van der Waals surface area contributed by atoms with E-state index >= 15 is 0 Å². The number of carbonyl (C=O) groups excluding carboxylic acids is 2. The van der Waals surface area contributed by atoms with Crippen LogP contribution in [0.4, 0.5) is 4.79 Å². The molecule has 0 unspecified atom stereocenters. The minimum Gasteiger partial charge on any atom is -0.447 e. The number of rotatable bonds is 8. The number of nitrogens with one attached hydrogen (secondary N) is 1. The quantitative estimate of drug-likeness (QED) is 0.405. The molecule has 3 aromatic rings. The maximum absolute atomic E-state index is 12.5. The lowest BCUT2D eigenvalue weighted by atomic mass is 9.91. The van der Waals surface area contributed by atoms with Crippen LogP contribution in [0.1, 0.15) is 42.3 Å². The smallest absolute Gasteiger partial charge is 0.410 e. The zero-order chi connectivity index (χ0) is 30.6. The van der Waals surface area contributed by atoms with Crippen LogP contribution in [0.25, 0.3) is 11.6 Å². The van der Waals surface area contributed by atoms with Gasteiger partial charge >= 0.3 is 6.09 Å². The van der Waals surface area contributed by atoms with E-state index in [9.17, 15) is 9.59 Å². The number of hydrogen-bond donors (Lipinski definition) is 1. The van der Waals surface area contributed by atoms with Crippen molar-refractivity contribution in [3.8, 4) is 0 Å². The second kappa shape index (κ2) is 16.1. The molecule has 1 aromatic carbocycles. The number of hydrogen-bond acceptors (Lipinski definition) is 7. The molecular weight excluding hydrogens is 556 g/mol. The van der Waals surface area contributed by atoms with Gasteiger partial charge < -0.3 is 29.2 Å². The standard InChI is InChI=1S/C22H23ClN4O2.C9H18N2O2/c1-15-6-7-17(23)10-18(15)19(9-16-5-4-8-24-11-16)22(26-21(28)13-29-3)20-12-25-14-27(20)2;1-8(2)13-9(12)11-6-4-10(3)5-7-11/h4-12,14,22H,13H2,1-3H3,(H,26,28);8H,4-7H2,1-3H3/b19-9+;/t22-;/m1./s1. The van der Waals surface area contributed by atoms with Crippen LogP contribution in [-0.2, 0) is 21.3 Å². The van der Waals surface area contributed by atoms with Crippen LogP contribution in [0.5, 0.6) is 0 Å². The molecule has 10 nitrogen and oxygen atoms in total. The molecule has 2 amide bonds. The molecule has 0 saturated carbocycles. The summed E-state index contributed by atoms with van der Waals surface area (Å²) >= 11 is 6.32. The molecule has 0 aliphatic carbocycles. The van der Waals surface area contributed by atoms with Crippen molar-refractivity contribution in [2.75, 3.05) is 46.9 Å². The van der Waals surface area contributed by atoms with Crippen LogP contribution in [-0.4, -0.2) is 89.4 Å². The van der Waals surface area contributed by atoms with Gasteiger partial charge in [-0.1, -0.05) is 23.7 Å². The molecule has 4 rings (SSSR count). The van der Waals surface area contributed by atoms with Crippen molar-refractivity contribution >= 4 is 35.3 Å². The normalized spacial score (nSPS) is 14.7. The third kappa shape index (κ3) is 9.68. The number of methoxy groups -OCH3 is 1. The molecule has 1 saturated heterocycles. The fourth-order valence-electron chi connectivity index (χ4n) is 4.42. The molecule has 11 heteroatoms. The summed E-state index contributed by atoms with van der Waals surface area (Å²) in [4.78, 5) is 36.3. The number of aryl methyl sites for hydroxylation is 2. The van der Waals surface area contributed by atoms with Gasteiger partial charge in [0.05, 0.1) is 30.4 Å². The summed E-state index contributed by atoms with van der Waals surface area (Å²) in [5.41, 5.74) is 4.60. The monoisotopic (exact) mass is 596 g/mol. The zero-order valence-corrected chi connectivity index (χ0v) is 26.0. The minimum absolute atomic E-state index is 0.0212. The van der Waals surface area contributed by atoms with Crippen LogP contribution >= 0.6 is 11.6 Å². The molecule has 0 radical (unpaired) electrons. The summed E-state index contributed by atoms with van der Waals surface area (Å²) < 4.78 is 12.0. The number of aromatic nitrogens is 3. The van der Waals surface area contributed by atoms with E-state index < -0.39 is 6.04 Å². The first-order valence-corrected chi connectivity index (χ1v) is 14.2. The van der Waals surface area contributed by atoms with Gasteiger partial charge in [-0.05, 0) is 74.4 Å². The molecule has 0 spiro atoms. The largest absolute Gasteiger partial charge is 0.447 e. The number of halogens is 1. The first-order valence-electron chi connectivity index (χ1n) is 13.9. The Morgan fingerprint density at radius 3 is 2.43 bits per heavy atom. The Hall–Kier alpha value is -3.73. The Kier molecular flexibility index (Phi) is 12.5. The Morgan fingerprint density at radius 2 is 1.83 bits per heavy atom. The number of likely N-dealkylation sites (N-methyl/N-ethyl adjacent to an activating group) is 1. The van der Waals surface area contributed by atoms with Gasteiger partial charge in [0.2, 0.25) is 5.91 Å². The van der Waals surface area contributed by atoms with Crippen molar-refractivity contribution in [1.29, 1.82) is 0 Å². The van der Waals surface area contributed by atoms with Gasteiger partial charge in [0.1, 0.15) is 6.61 Å². The number of imidazole rings is 1. The molecule has 1 N–H and O–H groups in total. The molecular formula is C31H41ClN6O4. The Bertz CT molecular complexity index is 1340. The summed E-state index contributed by atoms with van der Waals surface area (Å²) in [5, 5.41) is 3.69. The van der Waals surface area contributed by atoms with E-state index in [1.165, 1.54) is 7.11 Å². The maximum atomic E-state index is 12.5. The van der Waals surface area contributed by atoms with Gasteiger partial charge in [0, 0.05) is 57.8 Å². The average Bonchev–Trinajstić information content (AvgIpc) is 3.38. The second-order valence-electron chi connectivity index (χ2n) is 10.4. The van der Waals surface area contributed by atoms with Crippen LogP contribution in [0.2, 0.25) is 5.02 Å². The predicted octanol–water partition coefficient (Wildman–Crippen LogP) is 4.60. The van der Waals surface area contributed by atoms with E-state index in [1.807, 2.05) is 68.8 Å². The highest BCUT2D eigenvalue weighted by molar-refractivity contribution is 6.30. The summed E-state index contributed by atoms with van der Waals surface area (Å²) in [6, 6.07) is 9.10. The van der Waals surface area contributed by atoms with Gasteiger partial charge in [-0.15, -0.1) is 0 Å². The van der Waals surface area contributed by atoms with E-state index in [2.05, 4.69) is 27.2 Å². The number of amides is 2. The van der Waals surface area contributed by atoms with Gasteiger partial charge in [0.25, 0.3) is 0 Å². The topological polar surface area (TPSA) is 102 Å². The fraction of sp³-hybridized carbons (Fsp3) is 0.419. The molecule has 42 heavy (non-hydrogen) atoms. The van der Waals surface area contributed by atoms with E-state index in [-0.39, 0.29) is 24.7 Å². The number of nitrogens with zero attached hydrogens (tertiary/aromatic N) is 5. The molecule has 1 aliphatic heterocycles. The molecule has 0 bridgehead atoms. The summed E-state index contributed by atoms with van der Waals surface area (Å²) in [7, 11) is 5.45. The van der Waals surface area contributed by atoms with Gasteiger partial charge in [0.15, 0.2) is 0 Å². The molecule has 2 aromatic heterocycles. The SMILES string of the molecule is CC(C)OC(=O)N1CCN(C)CC1.COCC(=O)N[C@H](/C(=C/c1cccnc1)c1cc(Cl)ccc1C)c1cncn1C. The van der Waals surface area contributed by atoms with Crippen molar-refractivity contribution in [2.45, 2.75) is 32.9 Å². The number of carbonyl (C=O) groups is 2. The lowest BCUT2D eigenvalue weighted by molar-refractivity contribution is -0.125. The third-order valence-electron chi connectivity index (χ3n) is 6.66. The van der Waals surface area contributed by atoms with Crippen molar-refractivity contribution in [1.82, 2.24) is 29.7 Å². The molecule has 226 valence electrons. The van der Waals surface area contributed by atoms with E-state index in [1.54, 1.807) is 29.8 Å². The van der Waals surface area contributed by atoms with E-state index in [0.717, 1.165) is 54.1 Å². The van der Waals surface area contributed by atoms with Gasteiger partial charge in [-0.2, -0.15) is 0 Å². The lowest BCUT2D eigenvalue weighted by Crippen LogP contribution is -2.47. The van der Waals surface area contributed by atoms with Gasteiger partial charge in [-0.25, -0.2) is 9.78 Å². The van der Waals surface area contributed by atoms with Crippen LogP contribution in [0, 0.1) is 6.92 Å². The average molecular weight is 597 g/mol. The number of ether oxygens (including phenoxy) is 2. The first kappa shape index (κ1) is 32.8. The minimum atomic E-state index is -0.456. The third-order valence-corrected chi connectivity index (χ3v) is 6.89. The summed E-state index contributed by atoms with van der Waals surface area (Å²) in [6.07, 6.45) is 8.76. The highest BCUT2D eigenvalue weighted by atomic mass is 35.5. The lowest BCUT2D eigenvalue weighted by Gasteiger charge is -2.32. The highest BCUT2D eigenvalue weighted by Crippen LogP contribution is 2.35. The Morgan fingerprint density at radius 1 is 1.10 bits per heavy atom. The van der Waals surface area contributed by atoms with E-state index in [0.29, 0.717) is 5.02 Å². The number of piperazine rings is 1. The fourth-order valence-corrected chi connectivity index (χ4v) is 4.59. The van der Waals surface area contributed by atoms with Crippen molar-refractivity contribution < 1.29 is 19.1 Å². The Labute approximate surface area is 253 Å². The first-order chi connectivity index (χ1) is 20.1. The van der Waals surface area contributed by atoms with Crippen LogP contribution in [0.3, 0.4) is 0 Å². The van der Waals surface area contributed by atoms with Crippen LogP contribution < -0.4 is 5.32 Å².